The first-order chi connectivity index (χ1) is 13.5. The van der Waals surface area contributed by atoms with Gasteiger partial charge in [0.1, 0.15) is 5.78 Å². The van der Waals surface area contributed by atoms with Crippen molar-refractivity contribution < 1.29 is 23.9 Å². The molecule has 6 nitrogen and oxygen atoms in total. The number of hydrogen-bond acceptors (Lipinski definition) is 6. The summed E-state index contributed by atoms with van der Waals surface area (Å²) in [6.45, 7) is 0. The highest BCUT2D eigenvalue weighted by molar-refractivity contribution is 5.95. The van der Waals surface area contributed by atoms with E-state index in [-0.39, 0.29) is 31.1 Å². The number of esters is 2. The van der Waals surface area contributed by atoms with E-state index in [9.17, 15) is 14.4 Å². The van der Waals surface area contributed by atoms with Gasteiger partial charge in [-0.1, -0.05) is 48.5 Å². The topological polar surface area (TPSA) is 81.7 Å². The molecule has 0 aliphatic rings. The summed E-state index contributed by atoms with van der Waals surface area (Å²) in [6, 6.07) is 19.1. The number of methoxy groups -OCH3 is 2. The van der Waals surface area contributed by atoms with Crippen LogP contribution in [-0.2, 0) is 23.9 Å². The Hall–Kier alpha value is -3.15. The third-order valence-electron chi connectivity index (χ3n) is 4.43. The molecule has 0 bridgehead atoms. The number of ketones is 1. The van der Waals surface area contributed by atoms with E-state index in [1.807, 2.05) is 60.7 Å². The lowest BCUT2D eigenvalue weighted by Crippen LogP contribution is -2.27. The molecule has 0 aromatic heterocycles. The third kappa shape index (κ3) is 6.23. The molecule has 2 aromatic rings. The zero-order chi connectivity index (χ0) is 20.4. The number of hydrogen-bond donors (Lipinski definition) is 1. The van der Waals surface area contributed by atoms with Crippen molar-refractivity contribution in [1.82, 2.24) is 0 Å². The van der Waals surface area contributed by atoms with Gasteiger partial charge in [0, 0.05) is 18.5 Å². The number of rotatable bonds is 10. The van der Waals surface area contributed by atoms with Crippen LogP contribution in [0.2, 0.25) is 0 Å². The second-order valence-corrected chi connectivity index (χ2v) is 6.35. The third-order valence-corrected chi connectivity index (χ3v) is 4.43. The Bertz CT molecular complexity index is 760. The van der Waals surface area contributed by atoms with E-state index in [2.05, 4.69) is 14.8 Å². The van der Waals surface area contributed by atoms with Crippen LogP contribution in [0, 0.1) is 5.92 Å². The van der Waals surface area contributed by atoms with Gasteiger partial charge in [-0.25, -0.2) is 0 Å². The van der Waals surface area contributed by atoms with Gasteiger partial charge in [0.2, 0.25) is 0 Å². The number of carbonyl (C=O) groups is 3. The summed E-state index contributed by atoms with van der Waals surface area (Å²) < 4.78 is 9.27. The minimum atomic E-state index is -1.09. The first-order valence-electron chi connectivity index (χ1n) is 9.09. The molecule has 2 aromatic carbocycles. The fraction of sp³-hybridized carbons (Fsp3) is 0.318. The standard InChI is InChI=1S/C22H25NO5/c1-27-21(25)19(22(26)28-2)14-13-18(24)15-20(16-9-5-3-6-10-16)23-17-11-7-4-8-12-17/h3-12,19-20,23H,13-15H2,1-2H3/t20-/m1/s1. The Kier molecular flexibility index (Phi) is 8.21. The normalized spacial score (nSPS) is 11.5. The highest BCUT2D eigenvalue weighted by Gasteiger charge is 2.29. The molecule has 0 radical (unpaired) electrons. The van der Waals surface area contributed by atoms with Crippen molar-refractivity contribution in [3.05, 3.63) is 66.2 Å². The molecule has 0 aliphatic carbocycles. The molecule has 1 atom stereocenters. The molecule has 0 fully saturated rings. The summed E-state index contributed by atoms with van der Waals surface area (Å²) in [7, 11) is 2.41. The smallest absolute Gasteiger partial charge is 0.320 e. The number of carbonyl (C=O) groups excluding carboxylic acids is 3. The molecule has 0 aliphatic heterocycles. The molecule has 0 unspecified atom stereocenters. The highest BCUT2D eigenvalue weighted by atomic mass is 16.5. The van der Waals surface area contributed by atoms with Crippen molar-refractivity contribution in [2.24, 2.45) is 5.92 Å². The van der Waals surface area contributed by atoms with E-state index >= 15 is 0 Å². The van der Waals surface area contributed by atoms with Gasteiger partial charge < -0.3 is 14.8 Å². The fourth-order valence-corrected chi connectivity index (χ4v) is 2.92. The average molecular weight is 383 g/mol. The zero-order valence-corrected chi connectivity index (χ0v) is 16.1. The van der Waals surface area contributed by atoms with Gasteiger partial charge in [-0.2, -0.15) is 0 Å². The summed E-state index contributed by atoms with van der Waals surface area (Å²) in [5.74, 6) is -2.53. The summed E-state index contributed by atoms with van der Waals surface area (Å²) in [4.78, 5) is 36.1. The van der Waals surface area contributed by atoms with Crippen LogP contribution in [0.25, 0.3) is 0 Å². The fourth-order valence-electron chi connectivity index (χ4n) is 2.92. The molecule has 6 heteroatoms. The predicted molar refractivity (Wildman–Crippen MR) is 106 cm³/mol. The maximum atomic E-state index is 12.6. The van der Waals surface area contributed by atoms with E-state index in [0.717, 1.165) is 11.3 Å². The van der Waals surface area contributed by atoms with Crippen LogP contribution in [0.4, 0.5) is 5.69 Å². The maximum Gasteiger partial charge on any atom is 0.320 e. The average Bonchev–Trinajstić information content (AvgIpc) is 2.74. The molecule has 0 saturated heterocycles. The lowest BCUT2D eigenvalue weighted by molar-refractivity contribution is -0.159. The van der Waals surface area contributed by atoms with Gasteiger partial charge in [-0.15, -0.1) is 0 Å². The van der Waals surface area contributed by atoms with Crippen LogP contribution in [0.15, 0.2) is 60.7 Å². The number of Topliss-reactive ketones (excluding diaryl/α,β-unsaturated/α-hetero) is 1. The second-order valence-electron chi connectivity index (χ2n) is 6.35. The first kappa shape index (κ1) is 21.2. The Labute approximate surface area is 164 Å². The number of ether oxygens (including phenoxy) is 2. The second kappa shape index (κ2) is 10.9. The molecule has 2 rings (SSSR count). The largest absolute Gasteiger partial charge is 0.468 e. The minimum absolute atomic E-state index is 0.0601. The number of nitrogens with one attached hydrogen (secondary N) is 1. The van der Waals surface area contributed by atoms with Crippen LogP contribution in [0.5, 0.6) is 0 Å². The molecular formula is C22H25NO5. The van der Waals surface area contributed by atoms with Gasteiger partial charge >= 0.3 is 11.9 Å². The summed E-state index contributed by atoms with van der Waals surface area (Å²) in [6.07, 6.45) is 0.369. The Morgan fingerprint density at radius 2 is 1.39 bits per heavy atom. The molecule has 0 amide bonds. The molecular weight excluding hydrogens is 358 g/mol. The Balaban J connectivity index is 2.05. The van der Waals surface area contributed by atoms with Crippen molar-refractivity contribution >= 4 is 23.4 Å². The highest BCUT2D eigenvalue weighted by Crippen LogP contribution is 2.24. The van der Waals surface area contributed by atoms with E-state index < -0.39 is 17.9 Å². The van der Waals surface area contributed by atoms with Gasteiger partial charge in [-0.3, -0.25) is 14.4 Å². The van der Waals surface area contributed by atoms with Crippen LogP contribution in [0.1, 0.15) is 30.9 Å². The SMILES string of the molecule is COC(=O)C(CCC(=O)C[C@@H](Nc1ccccc1)c1ccccc1)C(=O)OC. The molecule has 0 spiro atoms. The Morgan fingerprint density at radius 3 is 1.93 bits per heavy atom. The van der Waals surface area contributed by atoms with Crippen LogP contribution in [-0.4, -0.2) is 31.9 Å². The summed E-state index contributed by atoms with van der Waals surface area (Å²) >= 11 is 0. The van der Waals surface area contributed by atoms with Crippen LogP contribution in [0.3, 0.4) is 0 Å². The summed E-state index contributed by atoms with van der Waals surface area (Å²) in [5.41, 5.74) is 1.89. The quantitative estimate of drug-likeness (QED) is 0.499. The van der Waals surface area contributed by atoms with Crippen molar-refractivity contribution in [3.63, 3.8) is 0 Å². The van der Waals surface area contributed by atoms with Crippen molar-refractivity contribution in [3.8, 4) is 0 Å². The van der Waals surface area contributed by atoms with E-state index in [1.165, 1.54) is 14.2 Å². The van der Waals surface area contributed by atoms with Gasteiger partial charge in [0.05, 0.1) is 20.3 Å². The Morgan fingerprint density at radius 1 is 0.857 bits per heavy atom. The number of anilines is 1. The van der Waals surface area contributed by atoms with E-state index in [0.29, 0.717) is 0 Å². The van der Waals surface area contributed by atoms with Crippen molar-refractivity contribution in [2.45, 2.75) is 25.3 Å². The lowest BCUT2D eigenvalue weighted by Gasteiger charge is -2.20. The van der Waals surface area contributed by atoms with Crippen LogP contribution >= 0.6 is 0 Å². The maximum absolute atomic E-state index is 12.6. The zero-order valence-electron chi connectivity index (χ0n) is 16.1. The molecule has 0 heterocycles. The predicted octanol–water partition coefficient (Wildman–Crippen LogP) is 3.54. The van der Waals surface area contributed by atoms with E-state index in [1.54, 1.807) is 0 Å². The first-order valence-corrected chi connectivity index (χ1v) is 9.09. The van der Waals surface area contributed by atoms with Gasteiger partial charge in [-0.05, 0) is 24.1 Å². The number of para-hydroxylation sites is 1. The van der Waals surface area contributed by atoms with Gasteiger partial charge in [0.15, 0.2) is 5.92 Å². The van der Waals surface area contributed by atoms with Crippen molar-refractivity contribution in [2.75, 3.05) is 19.5 Å². The monoisotopic (exact) mass is 383 g/mol. The van der Waals surface area contributed by atoms with Crippen LogP contribution < -0.4 is 5.32 Å². The number of benzene rings is 2. The lowest BCUT2D eigenvalue weighted by atomic mass is 9.96. The van der Waals surface area contributed by atoms with Crippen molar-refractivity contribution in [1.29, 1.82) is 0 Å². The minimum Gasteiger partial charge on any atom is -0.468 e. The van der Waals surface area contributed by atoms with E-state index in [4.69, 9.17) is 0 Å². The molecule has 148 valence electrons. The molecule has 1 N–H and O–H groups in total. The molecule has 0 saturated carbocycles. The molecule has 28 heavy (non-hydrogen) atoms. The van der Waals surface area contributed by atoms with Gasteiger partial charge in [0.25, 0.3) is 0 Å². The summed E-state index contributed by atoms with van der Waals surface area (Å²) in [5, 5.41) is 3.38.